The minimum Gasteiger partial charge on any atom is -0.462 e. The van der Waals surface area contributed by atoms with Crippen molar-refractivity contribution in [3.8, 4) is 0 Å². The molecule has 0 spiro atoms. The van der Waals surface area contributed by atoms with E-state index in [-0.39, 0.29) is 31.1 Å². The van der Waals surface area contributed by atoms with Crippen molar-refractivity contribution in [2.75, 3.05) is 13.2 Å². The van der Waals surface area contributed by atoms with Crippen molar-refractivity contribution in [2.24, 2.45) is 0 Å². The van der Waals surface area contributed by atoms with E-state index in [1.807, 2.05) is 0 Å². The Morgan fingerprint density at radius 1 is 0.313 bits per heavy atom. The molecule has 380 valence electrons. The molecule has 0 saturated carbocycles. The van der Waals surface area contributed by atoms with Crippen LogP contribution in [0.1, 0.15) is 239 Å². The van der Waals surface area contributed by atoms with E-state index in [1.165, 1.54) is 38.5 Å². The van der Waals surface area contributed by atoms with Crippen LogP contribution in [-0.4, -0.2) is 37.2 Å². The normalized spacial score (nSPS) is 12.9. The predicted octanol–water partition coefficient (Wildman–Crippen LogP) is 18.3. The molecule has 0 saturated heterocycles. The van der Waals surface area contributed by atoms with E-state index in [4.69, 9.17) is 14.2 Å². The number of hydrogen-bond acceptors (Lipinski definition) is 6. The highest BCUT2D eigenvalue weighted by atomic mass is 16.6. The van der Waals surface area contributed by atoms with Crippen molar-refractivity contribution in [3.63, 3.8) is 0 Å². The van der Waals surface area contributed by atoms with Crippen LogP contribution in [0.3, 0.4) is 0 Å². The zero-order chi connectivity index (χ0) is 48.6. The van der Waals surface area contributed by atoms with Gasteiger partial charge < -0.3 is 14.2 Å². The van der Waals surface area contributed by atoms with E-state index < -0.39 is 6.10 Å². The summed E-state index contributed by atoms with van der Waals surface area (Å²) in [6.45, 7) is 6.35. The minimum absolute atomic E-state index is 0.0975. The highest BCUT2D eigenvalue weighted by Gasteiger charge is 2.19. The van der Waals surface area contributed by atoms with E-state index in [0.717, 1.165) is 161 Å². The number of esters is 3. The fraction of sp³-hybridized carbons (Fsp3) is 0.656. The molecule has 0 aromatic rings. The molecule has 0 amide bonds. The van der Waals surface area contributed by atoms with E-state index in [9.17, 15) is 14.4 Å². The standard InChI is InChI=1S/C61H100O6/c1-4-7-10-13-16-19-22-25-27-28-29-30-31-32-34-36-39-42-45-48-51-54-60(63)66-57-58(56-65-59(62)53-50-47-44-41-38-35-24-21-18-15-12-9-6-3)67-61(64)55-52-49-46-43-40-37-33-26-23-20-17-14-11-8-5-2/h7-8,10-11,16-17,19-21,24-27,29-30,32-34,58H,4-6,9,12-15,18,22-23,28,31,35-57H2,1-3H3/b10-7-,11-8-,19-16-,20-17-,24-21-,27-25-,30-29-,33-26-,34-32-. The second-order valence-corrected chi connectivity index (χ2v) is 17.7. The molecule has 0 aliphatic carbocycles. The van der Waals surface area contributed by atoms with Gasteiger partial charge in [-0.15, -0.1) is 0 Å². The van der Waals surface area contributed by atoms with Crippen molar-refractivity contribution >= 4 is 17.9 Å². The molecule has 0 bridgehead atoms. The first kappa shape index (κ1) is 63.1. The molecule has 0 aromatic carbocycles. The third kappa shape index (κ3) is 52.9. The van der Waals surface area contributed by atoms with Crippen molar-refractivity contribution in [3.05, 3.63) is 109 Å². The van der Waals surface area contributed by atoms with Crippen LogP contribution in [0.5, 0.6) is 0 Å². The van der Waals surface area contributed by atoms with Gasteiger partial charge in [-0.1, -0.05) is 207 Å². The molecule has 0 aliphatic rings. The van der Waals surface area contributed by atoms with E-state index in [0.29, 0.717) is 19.3 Å². The fourth-order valence-corrected chi connectivity index (χ4v) is 7.18. The molecule has 0 aliphatic heterocycles. The van der Waals surface area contributed by atoms with Gasteiger partial charge >= 0.3 is 17.9 Å². The lowest BCUT2D eigenvalue weighted by Crippen LogP contribution is -2.30. The van der Waals surface area contributed by atoms with Crippen molar-refractivity contribution in [1.29, 1.82) is 0 Å². The summed E-state index contributed by atoms with van der Waals surface area (Å²) in [5.74, 6) is -0.945. The van der Waals surface area contributed by atoms with Crippen LogP contribution < -0.4 is 0 Å². The summed E-state index contributed by atoms with van der Waals surface area (Å²) in [5, 5.41) is 0. The minimum atomic E-state index is -0.800. The molecule has 0 radical (unpaired) electrons. The zero-order valence-corrected chi connectivity index (χ0v) is 43.4. The average Bonchev–Trinajstić information content (AvgIpc) is 3.33. The quantitative estimate of drug-likeness (QED) is 0.0262. The number of unbranched alkanes of at least 4 members (excludes halogenated alkanes) is 19. The highest BCUT2D eigenvalue weighted by molar-refractivity contribution is 5.71. The van der Waals surface area contributed by atoms with Crippen molar-refractivity contribution in [2.45, 2.75) is 245 Å². The molecule has 0 aromatic heterocycles. The molecular weight excluding hydrogens is 829 g/mol. The topological polar surface area (TPSA) is 78.9 Å². The van der Waals surface area contributed by atoms with Crippen LogP contribution in [-0.2, 0) is 28.6 Å². The Balaban J connectivity index is 4.45. The Morgan fingerprint density at radius 3 is 0.925 bits per heavy atom. The lowest BCUT2D eigenvalue weighted by atomic mass is 10.1. The van der Waals surface area contributed by atoms with Gasteiger partial charge in [-0.25, -0.2) is 0 Å². The summed E-state index contributed by atoms with van der Waals surface area (Å²) in [4.78, 5) is 38.1. The second-order valence-electron chi connectivity index (χ2n) is 17.7. The SMILES string of the molecule is CC/C=C\C/C=C\C/C=C\C/C=C\C/C=C\CCCCCCCC(=O)OCC(COC(=O)CCCCCCC/C=C\CCCCCC)OC(=O)CCCCCCC/C=C\C/C=C\C/C=C\CC. The maximum Gasteiger partial charge on any atom is 0.306 e. The number of carbonyl (C=O) groups excluding carboxylic acids is 3. The third-order valence-corrected chi connectivity index (χ3v) is 11.2. The van der Waals surface area contributed by atoms with Crippen LogP contribution in [0.2, 0.25) is 0 Å². The number of carbonyl (C=O) groups is 3. The first-order valence-electron chi connectivity index (χ1n) is 27.4. The van der Waals surface area contributed by atoms with Crippen molar-refractivity contribution < 1.29 is 28.6 Å². The Bertz CT molecular complexity index is 1390. The third-order valence-electron chi connectivity index (χ3n) is 11.2. The Labute approximate surface area is 412 Å². The first-order valence-corrected chi connectivity index (χ1v) is 27.4. The monoisotopic (exact) mass is 929 g/mol. The number of ether oxygens (including phenoxy) is 3. The molecule has 1 atom stereocenters. The predicted molar refractivity (Wildman–Crippen MR) is 288 cm³/mol. The molecule has 0 rings (SSSR count). The van der Waals surface area contributed by atoms with Crippen molar-refractivity contribution in [1.82, 2.24) is 0 Å². The van der Waals surface area contributed by atoms with Gasteiger partial charge in [-0.3, -0.25) is 14.4 Å². The summed E-state index contributed by atoms with van der Waals surface area (Å²) in [6, 6.07) is 0. The lowest BCUT2D eigenvalue weighted by molar-refractivity contribution is -0.167. The van der Waals surface area contributed by atoms with Gasteiger partial charge in [0, 0.05) is 19.3 Å². The van der Waals surface area contributed by atoms with Gasteiger partial charge in [0.2, 0.25) is 0 Å². The van der Waals surface area contributed by atoms with Crippen LogP contribution >= 0.6 is 0 Å². The first-order chi connectivity index (χ1) is 33.0. The Hall–Kier alpha value is -3.93. The van der Waals surface area contributed by atoms with Gasteiger partial charge in [0.25, 0.3) is 0 Å². The summed E-state index contributed by atoms with van der Waals surface area (Å²) < 4.78 is 16.8. The molecular formula is C61H100O6. The van der Waals surface area contributed by atoms with E-state index in [1.54, 1.807) is 0 Å². The molecule has 0 heterocycles. The van der Waals surface area contributed by atoms with Crippen LogP contribution in [0.4, 0.5) is 0 Å². The van der Waals surface area contributed by atoms with Gasteiger partial charge in [-0.2, -0.15) is 0 Å². The Kier molecular flexibility index (Phi) is 51.5. The summed E-state index contributed by atoms with van der Waals surface area (Å²) in [5.41, 5.74) is 0. The summed E-state index contributed by atoms with van der Waals surface area (Å²) in [7, 11) is 0. The largest absolute Gasteiger partial charge is 0.462 e. The second kappa shape index (κ2) is 54.7. The maximum atomic E-state index is 12.8. The maximum absolute atomic E-state index is 12.8. The van der Waals surface area contributed by atoms with Gasteiger partial charge in [0.1, 0.15) is 13.2 Å². The van der Waals surface area contributed by atoms with Gasteiger partial charge in [0.15, 0.2) is 6.10 Å². The number of hydrogen-bond donors (Lipinski definition) is 0. The lowest BCUT2D eigenvalue weighted by Gasteiger charge is -2.18. The summed E-state index contributed by atoms with van der Waals surface area (Å²) in [6.07, 6.45) is 73.5. The Morgan fingerprint density at radius 2 is 0.582 bits per heavy atom. The molecule has 67 heavy (non-hydrogen) atoms. The zero-order valence-electron chi connectivity index (χ0n) is 43.4. The number of rotatable bonds is 48. The smallest absolute Gasteiger partial charge is 0.306 e. The summed E-state index contributed by atoms with van der Waals surface area (Å²) >= 11 is 0. The number of allylic oxidation sites excluding steroid dienone is 18. The fourth-order valence-electron chi connectivity index (χ4n) is 7.18. The highest BCUT2D eigenvalue weighted by Crippen LogP contribution is 2.13. The average molecular weight is 929 g/mol. The van der Waals surface area contributed by atoms with Crippen LogP contribution in [0, 0.1) is 0 Å². The van der Waals surface area contributed by atoms with Gasteiger partial charge in [0.05, 0.1) is 0 Å². The van der Waals surface area contributed by atoms with Crippen LogP contribution in [0.15, 0.2) is 109 Å². The molecule has 0 N–H and O–H groups in total. The molecule has 1 unspecified atom stereocenters. The van der Waals surface area contributed by atoms with Gasteiger partial charge in [-0.05, 0) is 122 Å². The molecule has 0 fully saturated rings. The van der Waals surface area contributed by atoms with E-state index >= 15 is 0 Å². The molecule has 6 heteroatoms. The van der Waals surface area contributed by atoms with E-state index in [2.05, 4.69) is 130 Å². The molecule has 6 nitrogen and oxygen atoms in total. The van der Waals surface area contributed by atoms with Crippen LogP contribution in [0.25, 0.3) is 0 Å².